The highest BCUT2D eigenvalue weighted by atomic mass is 16.5. The van der Waals surface area contributed by atoms with E-state index in [1.807, 2.05) is 24.3 Å². The van der Waals surface area contributed by atoms with Crippen LogP contribution in [0.2, 0.25) is 0 Å². The van der Waals surface area contributed by atoms with Gasteiger partial charge in [0.2, 0.25) is 5.91 Å². The standard InChI is InChI=1S/C20H31NO4/c1-14(25-13-15-7-6-8-17(11-15)23-5)19(22)21-12-16-9-10-24-18(16)20(2,3)4/h6-8,11,14,16,18H,9-10,12-13H2,1-5H3,(H,21,22)/t14-,16-,18+/m1/s1. The molecule has 2 rings (SSSR count). The molecule has 1 heterocycles. The monoisotopic (exact) mass is 349 g/mol. The van der Waals surface area contributed by atoms with Crippen LogP contribution in [0.4, 0.5) is 0 Å². The number of benzene rings is 1. The van der Waals surface area contributed by atoms with E-state index >= 15 is 0 Å². The first-order valence-electron chi connectivity index (χ1n) is 8.95. The number of ether oxygens (including phenoxy) is 3. The Kier molecular flexibility index (Phi) is 6.85. The van der Waals surface area contributed by atoms with Crippen LogP contribution in [0.25, 0.3) is 0 Å². The molecule has 0 unspecified atom stereocenters. The first-order chi connectivity index (χ1) is 11.8. The van der Waals surface area contributed by atoms with Gasteiger partial charge in [-0.1, -0.05) is 32.9 Å². The molecule has 1 N–H and O–H groups in total. The SMILES string of the molecule is COc1cccc(CO[C@H](C)C(=O)NC[C@H]2CCO[C@@H]2C(C)(C)C)c1. The van der Waals surface area contributed by atoms with Gasteiger partial charge in [0.1, 0.15) is 11.9 Å². The zero-order chi connectivity index (χ0) is 18.4. The maximum atomic E-state index is 12.3. The van der Waals surface area contributed by atoms with E-state index in [1.165, 1.54) is 0 Å². The van der Waals surface area contributed by atoms with Crippen molar-refractivity contribution in [3.05, 3.63) is 29.8 Å². The molecule has 25 heavy (non-hydrogen) atoms. The Hall–Kier alpha value is -1.59. The van der Waals surface area contributed by atoms with Crippen LogP contribution in [-0.2, 0) is 20.9 Å². The number of hydrogen-bond donors (Lipinski definition) is 1. The van der Waals surface area contributed by atoms with Gasteiger partial charge < -0.3 is 19.5 Å². The Morgan fingerprint density at radius 2 is 2.16 bits per heavy atom. The molecule has 1 aromatic rings. The van der Waals surface area contributed by atoms with Crippen molar-refractivity contribution in [1.29, 1.82) is 0 Å². The summed E-state index contributed by atoms with van der Waals surface area (Å²) in [4.78, 5) is 12.3. The molecular formula is C20H31NO4. The lowest BCUT2D eigenvalue weighted by atomic mass is 9.81. The lowest BCUT2D eigenvalue weighted by Gasteiger charge is -2.31. The third-order valence-electron chi connectivity index (χ3n) is 4.61. The fourth-order valence-corrected chi connectivity index (χ4v) is 3.23. The number of carbonyl (C=O) groups excluding carboxylic acids is 1. The molecule has 1 saturated heterocycles. The van der Waals surface area contributed by atoms with E-state index in [2.05, 4.69) is 26.1 Å². The number of hydrogen-bond acceptors (Lipinski definition) is 4. The Morgan fingerprint density at radius 3 is 2.84 bits per heavy atom. The lowest BCUT2D eigenvalue weighted by Crippen LogP contribution is -2.42. The molecule has 1 aliphatic rings. The van der Waals surface area contributed by atoms with Gasteiger partial charge in [-0.15, -0.1) is 0 Å². The average molecular weight is 349 g/mol. The molecule has 3 atom stereocenters. The molecule has 0 aliphatic carbocycles. The van der Waals surface area contributed by atoms with Crippen molar-refractivity contribution in [2.75, 3.05) is 20.3 Å². The highest BCUT2D eigenvalue weighted by molar-refractivity contribution is 5.80. The van der Waals surface area contributed by atoms with Crippen LogP contribution in [0, 0.1) is 11.3 Å². The summed E-state index contributed by atoms with van der Waals surface area (Å²) >= 11 is 0. The summed E-state index contributed by atoms with van der Waals surface area (Å²) in [7, 11) is 1.63. The van der Waals surface area contributed by atoms with Crippen molar-refractivity contribution in [2.24, 2.45) is 11.3 Å². The van der Waals surface area contributed by atoms with E-state index in [9.17, 15) is 4.79 Å². The third-order valence-corrected chi connectivity index (χ3v) is 4.61. The van der Waals surface area contributed by atoms with E-state index in [0.717, 1.165) is 24.3 Å². The largest absolute Gasteiger partial charge is 0.497 e. The Bertz CT molecular complexity index is 567. The van der Waals surface area contributed by atoms with E-state index in [0.29, 0.717) is 19.1 Å². The summed E-state index contributed by atoms with van der Waals surface area (Å²) < 4.78 is 16.8. The summed E-state index contributed by atoms with van der Waals surface area (Å²) in [6.07, 6.45) is 0.670. The van der Waals surface area contributed by atoms with Crippen molar-refractivity contribution in [1.82, 2.24) is 5.32 Å². The Balaban J connectivity index is 1.78. The van der Waals surface area contributed by atoms with Crippen LogP contribution in [-0.4, -0.2) is 38.4 Å². The van der Waals surface area contributed by atoms with Crippen molar-refractivity contribution < 1.29 is 19.0 Å². The van der Waals surface area contributed by atoms with E-state index in [4.69, 9.17) is 14.2 Å². The number of amides is 1. The van der Waals surface area contributed by atoms with Gasteiger partial charge >= 0.3 is 0 Å². The maximum absolute atomic E-state index is 12.3. The topological polar surface area (TPSA) is 56.8 Å². The molecule has 1 fully saturated rings. The van der Waals surface area contributed by atoms with Crippen molar-refractivity contribution in [3.63, 3.8) is 0 Å². The maximum Gasteiger partial charge on any atom is 0.248 e. The molecular weight excluding hydrogens is 318 g/mol. The summed E-state index contributed by atoms with van der Waals surface area (Å²) in [6.45, 7) is 10.1. The van der Waals surface area contributed by atoms with Crippen LogP contribution in [0.5, 0.6) is 5.75 Å². The first-order valence-corrected chi connectivity index (χ1v) is 8.95. The molecule has 5 nitrogen and oxygen atoms in total. The van der Waals surface area contributed by atoms with Gasteiger partial charge in [-0.05, 0) is 36.5 Å². The minimum absolute atomic E-state index is 0.0811. The number of methoxy groups -OCH3 is 1. The van der Waals surface area contributed by atoms with Gasteiger partial charge in [0.25, 0.3) is 0 Å². The van der Waals surface area contributed by atoms with Gasteiger partial charge in [-0.25, -0.2) is 0 Å². The second-order valence-corrected chi connectivity index (χ2v) is 7.76. The lowest BCUT2D eigenvalue weighted by molar-refractivity contribution is -0.132. The van der Waals surface area contributed by atoms with Crippen LogP contribution in [0.15, 0.2) is 24.3 Å². The number of carbonyl (C=O) groups is 1. The molecule has 5 heteroatoms. The highest BCUT2D eigenvalue weighted by Crippen LogP contribution is 2.34. The number of nitrogens with one attached hydrogen (secondary N) is 1. The molecule has 1 amide bonds. The van der Waals surface area contributed by atoms with Crippen LogP contribution in [0.1, 0.15) is 39.7 Å². The van der Waals surface area contributed by atoms with Crippen LogP contribution < -0.4 is 10.1 Å². The van der Waals surface area contributed by atoms with Crippen molar-refractivity contribution >= 4 is 5.91 Å². The van der Waals surface area contributed by atoms with Crippen LogP contribution in [0.3, 0.4) is 0 Å². The zero-order valence-electron chi connectivity index (χ0n) is 16.0. The molecule has 1 aliphatic heterocycles. The average Bonchev–Trinajstić information content (AvgIpc) is 3.06. The molecule has 140 valence electrons. The predicted octanol–water partition coefficient (Wildman–Crippen LogP) is 3.17. The molecule has 0 aromatic heterocycles. The second kappa shape index (κ2) is 8.68. The molecule has 0 bridgehead atoms. The fourth-order valence-electron chi connectivity index (χ4n) is 3.23. The fraction of sp³-hybridized carbons (Fsp3) is 0.650. The van der Waals surface area contributed by atoms with Gasteiger partial charge in [-0.3, -0.25) is 4.79 Å². The van der Waals surface area contributed by atoms with Crippen LogP contribution >= 0.6 is 0 Å². The summed E-state index contributed by atoms with van der Waals surface area (Å²) in [5.74, 6) is 1.06. The van der Waals surface area contributed by atoms with E-state index in [1.54, 1.807) is 14.0 Å². The summed E-state index contributed by atoms with van der Waals surface area (Å²) in [6, 6.07) is 7.66. The van der Waals surface area contributed by atoms with Crippen molar-refractivity contribution in [3.8, 4) is 5.75 Å². The quantitative estimate of drug-likeness (QED) is 0.821. The summed E-state index contributed by atoms with van der Waals surface area (Å²) in [5.41, 5.74) is 1.07. The molecule has 0 saturated carbocycles. The predicted molar refractivity (Wildman–Crippen MR) is 97.6 cm³/mol. The van der Waals surface area contributed by atoms with Gasteiger partial charge in [0, 0.05) is 19.1 Å². The first kappa shape index (κ1) is 19.7. The molecule has 0 spiro atoms. The van der Waals surface area contributed by atoms with Gasteiger partial charge in [-0.2, -0.15) is 0 Å². The smallest absolute Gasteiger partial charge is 0.248 e. The van der Waals surface area contributed by atoms with E-state index < -0.39 is 6.10 Å². The normalized spacial score (nSPS) is 21.8. The van der Waals surface area contributed by atoms with E-state index in [-0.39, 0.29) is 17.4 Å². The van der Waals surface area contributed by atoms with Gasteiger partial charge in [0.15, 0.2) is 0 Å². The minimum Gasteiger partial charge on any atom is -0.497 e. The summed E-state index contributed by atoms with van der Waals surface area (Å²) in [5, 5.41) is 3.02. The van der Waals surface area contributed by atoms with Gasteiger partial charge in [0.05, 0.1) is 19.8 Å². The number of rotatable bonds is 7. The third kappa shape index (κ3) is 5.72. The zero-order valence-corrected chi connectivity index (χ0v) is 16.0. The molecule has 0 radical (unpaired) electrons. The van der Waals surface area contributed by atoms with Crippen molar-refractivity contribution in [2.45, 2.75) is 52.9 Å². The highest BCUT2D eigenvalue weighted by Gasteiger charge is 2.37. The minimum atomic E-state index is -0.499. The molecule has 1 aromatic carbocycles. The second-order valence-electron chi connectivity index (χ2n) is 7.76. The Morgan fingerprint density at radius 1 is 1.40 bits per heavy atom. The Labute approximate surface area is 151 Å².